The normalized spacial score (nSPS) is 18.6. The van der Waals surface area contributed by atoms with Crippen molar-refractivity contribution >= 4 is 11.3 Å². The number of unbranched alkanes of at least 4 members (excludes halogenated alkanes) is 1. The molecule has 1 aromatic heterocycles. The summed E-state index contributed by atoms with van der Waals surface area (Å²) in [5, 5.41) is 0. The van der Waals surface area contributed by atoms with Crippen molar-refractivity contribution in [3.05, 3.63) is 16.1 Å². The lowest BCUT2D eigenvalue weighted by atomic mass is 9.96. The minimum Gasteiger partial charge on any atom is -0.330 e. The van der Waals surface area contributed by atoms with Crippen LogP contribution in [0.3, 0.4) is 0 Å². The van der Waals surface area contributed by atoms with Gasteiger partial charge in [-0.2, -0.15) is 0 Å². The molecular weight excluding hydrogens is 242 g/mol. The molecule has 0 radical (unpaired) electrons. The molecule has 1 heterocycles. The lowest BCUT2D eigenvalue weighted by Gasteiger charge is -2.32. The van der Waals surface area contributed by atoms with E-state index in [4.69, 9.17) is 12.2 Å². The maximum Gasteiger partial charge on any atom is 0.0797 e. The highest BCUT2D eigenvalue weighted by atomic mass is 32.1. The van der Waals surface area contributed by atoms with Crippen molar-refractivity contribution in [3.8, 4) is 12.3 Å². The van der Waals surface area contributed by atoms with Gasteiger partial charge in [0.05, 0.1) is 17.7 Å². The number of rotatable bonds is 6. The monoisotopic (exact) mass is 263 g/mol. The third-order valence-corrected chi connectivity index (χ3v) is 4.47. The third kappa shape index (κ3) is 3.32. The van der Waals surface area contributed by atoms with Crippen molar-refractivity contribution in [1.29, 1.82) is 0 Å². The van der Waals surface area contributed by atoms with E-state index in [9.17, 15) is 0 Å². The molecule has 0 saturated heterocycles. The second kappa shape index (κ2) is 6.89. The minimum atomic E-state index is 0.590. The minimum absolute atomic E-state index is 0.590. The van der Waals surface area contributed by atoms with E-state index in [1.807, 2.05) is 5.51 Å². The van der Waals surface area contributed by atoms with Crippen LogP contribution in [0.1, 0.15) is 29.8 Å². The molecule has 18 heavy (non-hydrogen) atoms. The van der Waals surface area contributed by atoms with Crippen LogP contribution in [-0.4, -0.2) is 35.6 Å². The highest BCUT2D eigenvalue weighted by Gasteiger charge is 2.25. The van der Waals surface area contributed by atoms with Gasteiger partial charge in [-0.15, -0.1) is 17.8 Å². The third-order valence-electron chi connectivity index (χ3n) is 3.57. The van der Waals surface area contributed by atoms with E-state index in [1.54, 1.807) is 11.3 Å². The second-order valence-electron chi connectivity index (χ2n) is 4.79. The van der Waals surface area contributed by atoms with E-state index in [0.29, 0.717) is 6.04 Å². The summed E-state index contributed by atoms with van der Waals surface area (Å²) >= 11 is 1.78. The number of thiazole rings is 1. The van der Waals surface area contributed by atoms with E-state index in [0.717, 1.165) is 45.3 Å². The Morgan fingerprint density at radius 1 is 1.56 bits per heavy atom. The van der Waals surface area contributed by atoms with E-state index in [-0.39, 0.29) is 0 Å². The first kappa shape index (κ1) is 13.5. The molecule has 98 valence electrons. The summed E-state index contributed by atoms with van der Waals surface area (Å²) in [5.74, 6) is 2.79. The second-order valence-corrected chi connectivity index (χ2v) is 5.73. The largest absolute Gasteiger partial charge is 0.330 e. The van der Waals surface area contributed by atoms with Crippen LogP contribution >= 0.6 is 11.3 Å². The zero-order chi connectivity index (χ0) is 12.8. The lowest BCUT2D eigenvalue weighted by Crippen LogP contribution is -2.40. The number of nitrogens with zero attached hydrogens (tertiary/aromatic N) is 2. The van der Waals surface area contributed by atoms with Gasteiger partial charge in [-0.3, -0.25) is 4.90 Å². The molecule has 2 N–H and O–H groups in total. The Hall–Kier alpha value is -0.890. The number of nitrogens with two attached hydrogens (primary N) is 1. The van der Waals surface area contributed by atoms with Gasteiger partial charge >= 0.3 is 0 Å². The topological polar surface area (TPSA) is 42.1 Å². The SMILES string of the molecule is C#CCN(CCCCN)C1CCc2ncsc2C1. The molecule has 1 unspecified atom stereocenters. The average molecular weight is 263 g/mol. The van der Waals surface area contributed by atoms with Crippen molar-refractivity contribution in [1.82, 2.24) is 9.88 Å². The van der Waals surface area contributed by atoms with Crippen LogP contribution in [0, 0.1) is 12.3 Å². The summed E-state index contributed by atoms with van der Waals surface area (Å²) < 4.78 is 0. The molecule has 0 aromatic carbocycles. The molecule has 0 amide bonds. The van der Waals surface area contributed by atoms with Gasteiger partial charge in [0.1, 0.15) is 0 Å². The van der Waals surface area contributed by atoms with E-state index < -0.39 is 0 Å². The molecule has 1 aliphatic rings. The summed E-state index contributed by atoms with van der Waals surface area (Å²) in [6.45, 7) is 2.59. The van der Waals surface area contributed by atoms with Gasteiger partial charge in [-0.05, 0) is 45.2 Å². The number of hydrogen-bond donors (Lipinski definition) is 1. The summed E-state index contributed by atoms with van der Waals surface area (Å²) in [4.78, 5) is 8.31. The fraction of sp³-hybridized carbons (Fsp3) is 0.643. The maximum absolute atomic E-state index is 5.55. The molecule has 1 aromatic rings. The molecule has 1 atom stereocenters. The summed E-state index contributed by atoms with van der Waals surface area (Å²) in [5.41, 5.74) is 8.82. The number of fused-ring (bicyclic) bond motifs is 1. The van der Waals surface area contributed by atoms with Crippen molar-refractivity contribution in [2.45, 2.75) is 38.1 Å². The van der Waals surface area contributed by atoms with E-state index in [2.05, 4.69) is 15.8 Å². The van der Waals surface area contributed by atoms with Crippen molar-refractivity contribution in [3.63, 3.8) is 0 Å². The van der Waals surface area contributed by atoms with Crippen LogP contribution in [0.4, 0.5) is 0 Å². The Kier molecular flexibility index (Phi) is 5.18. The highest BCUT2D eigenvalue weighted by Crippen LogP contribution is 2.26. The first-order chi connectivity index (χ1) is 8.85. The van der Waals surface area contributed by atoms with Gasteiger partial charge in [0.15, 0.2) is 0 Å². The molecule has 4 heteroatoms. The molecule has 0 fully saturated rings. The Morgan fingerprint density at radius 2 is 2.44 bits per heavy atom. The molecule has 2 rings (SSSR count). The maximum atomic E-state index is 5.55. The zero-order valence-corrected chi connectivity index (χ0v) is 11.6. The van der Waals surface area contributed by atoms with Crippen LogP contribution < -0.4 is 5.73 Å². The van der Waals surface area contributed by atoms with Gasteiger partial charge in [-0.1, -0.05) is 5.92 Å². The van der Waals surface area contributed by atoms with Gasteiger partial charge in [-0.25, -0.2) is 4.98 Å². The predicted octanol–water partition coefficient (Wildman–Crippen LogP) is 1.67. The lowest BCUT2D eigenvalue weighted by molar-refractivity contribution is 0.199. The predicted molar refractivity (Wildman–Crippen MR) is 76.6 cm³/mol. The van der Waals surface area contributed by atoms with Crippen LogP contribution in [0.15, 0.2) is 5.51 Å². The Morgan fingerprint density at radius 3 is 3.22 bits per heavy atom. The number of terminal acetylenes is 1. The van der Waals surface area contributed by atoms with Crippen molar-refractivity contribution < 1.29 is 0 Å². The molecule has 3 nitrogen and oxygen atoms in total. The average Bonchev–Trinajstić information content (AvgIpc) is 2.85. The van der Waals surface area contributed by atoms with E-state index in [1.165, 1.54) is 17.0 Å². The van der Waals surface area contributed by atoms with Crippen LogP contribution in [0.25, 0.3) is 0 Å². The standard InChI is InChI=1S/C14H21N3S/c1-2-8-17(9-4-3-7-15)12-5-6-13-14(10-12)18-11-16-13/h1,11-12H,3-10,15H2. The number of hydrogen-bond acceptors (Lipinski definition) is 4. The fourth-order valence-electron chi connectivity index (χ4n) is 2.56. The molecule has 0 aliphatic heterocycles. The van der Waals surface area contributed by atoms with Gasteiger partial charge < -0.3 is 5.73 Å². The first-order valence-electron chi connectivity index (χ1n) is 6.64. The quantitative estimate of drug-likeness (QED) is 0.627. The van der Waals surface area contributed by atoms with Crippen molar-refractivity contribution in [2.75, 3.05) is 19.6 Å². The molecular formula is C14H21N3S. The van der Waals surface area contributed by atoms with Crippen molar-refractivity contribution in [2.24, 2.45) is 5.73 Å². The van der Waals surface area contributed by atoms with E-state index >= 15 is 0 Å². The van der Waals surface area contributed by atoms with Crippen LogP contribution in [0.5, 0.6) is 0 Å². The Bertz CT molecular complexity index is 407. The zero-order valence-electron chi connectivity index (χ0n) is 10.8. The summed E-state index contributed by atoms with van der Waals surface area (Å²) in [6.07, 6.45) is 11.1. The van der Waals surface area contributed by atoms with Gasteiger partial charge in [0.25, 0.3) is 0 Å². The fourth-order valence-corrected chi connectivity index (χ4v) is 3.45. The Balaban J connectivity index is 1.93. The van der Waals surface area contributed by atoms with Gasteiger partial charge in [0, 0.05) is 10.9 Å². The van der Waals surface area contributed by atoms with Gasteiger partial charge in [0.2, 0.25) is 0 Å². The van der Waals surface area contributed by atoms with Crippen LogP contribution in [0.2, 0.25) is 0 Å². The molecule has 1 aliphatic carbocycles. The molecule has 0 bridgehead atoms. The number of aromatic nitrogens is 1. The Labute approximate surface area is 113 Å². The smallest absolute Gasteiger partial charge is 0.0797 e. The summed E-state index contributed by atoms with van der Waals surface area (Å²) in [7, 11) is 0. The highest BCUT2D eigenvalue weighted by molar-refractivity contribution is 7.09. The summed E-state index contributed by atoms with van der Waals surface area (Å²) in [6, 6.07) is 0.590. The van der Waals surface area contributed by atoms with Crippen LogP contribution in [-0.2, 0) is 12.8 Å². The molecule has 0 spiro atoms. The first-order valence-corrected chi connectivity index (χ1v) is 7.52. The number of aryl methyl sites for hydroxylation is 1. The molecule has 0 saturated carbocycles.